The summed E-state index contributed by atoms with van der Waals surface area (Å²) < 4.78 is 0. The maximum absolute atomic E-state index is 2.41. The molecule has 0 aliphatic rings. The number of allylic oxidation sites excluding steroid dienone is 1. The van der Waals surface area contributed by atoms with Crippen LogP contribution >= 0.6 is 0 Å². The summed E-state index contributed by atoms with van der Waals surface area (Å²) in [5.74, 6) is 0.965. The summed E-state index contributed by atoms with van der Waals surface area (Å²) in [6, 6.07) is 15.3. The lowest BCUT2D eigenvalue weighted by Gasteiger charge is -2.14. The Hall–Kier alpha value is -1.56. The molecule has 0 spiro atoms. The van der Waals surface area contributed by atoms with Crippen molar-refractivity contribution in [2.75, 3.05) is 0 Å². The van der Waals surface area contributed by atoms with Crippen LogP contribution in [0.25, 0.3) is 16.8 Å². The molecule has 42 heavy (non-hydrogen) atoms. The van der Waals surface area contributed by atoms with Gasteiger partial charge in [0.1, 0.15) is 0 Å². The maximum Gasteiger partial charge on any atom is -0.0112 e. The van der Waals surface area contributed by atoms with Crippen molar-refractivity contribution in [2.24, 2.45) is 5.92 Å². The maximum atomic E-state index is 2.41. The lowest BCUT2D eigenvalue weighted by atomic mass is 9.92. The summed E-state index contributed by atoms with van der Waals surface area (Å²) in [7, 11) is 0. The minimum atomic E-state index is 0.965. The summed E-state index contributed by atoms with van der Waals surface area (Å²) in [6.07, 6.45) is 43.7. The molecule has 0 aliphatic heterocycles. The zero-order chi connectivity index (χ0) is 29.8. The second-order valence-electron chi connectivity index (χ2n) is 13.4. The molecule has 0 bridgehead atoms. The quantitative estimate of drug-likeness (QED) is 0.0848. The van der Waals surface area contributed by atoms with Crippen molar-refractivity contribution in [3.8, 4) is 0 Å². The molecule has 238 valence electrons. The van der Waals surface area contributed by atoms with Crippen LogP contribution in [0.5, 0.6) is 0 Å². The van der Waals surface area contributed by atoms with E-state index in [0.717, 1.165) is 5.92 Å². The minimum absolute atomic E-state index is 0.965. The number of benzene rings is 2. The molecule has 1 unspecified atom stereocenters. The van der Waals surface area contributed by atoms with Crippen LogP contribution in [0.3, 0.4) is 0 Å². The van der Waals surface area contributed by atoms with E-state index >= 15 is 0 Å². The highest BCUT2D eigenvalue weighted by molar-refractivity contribution is 5.90. The van der Waals surface area contributed by atoms with E-state index in [4.69, 9.17) is 0 Å². The van der Waals surface area contributed by atoms with Gasteiger partial charge in [-0.1, -0.05) is 229 Å². The third kappa shape index (κ3) is 18.9. The monoisotopic (exact) mass is 575 g/mol. The molecular weight excluding hydrogens is 504 g/mol. The molecule has 1 atom stereocenters. The minimum Gasteiger partial charge on any atom is -0.0839 e. The first-order chi connectivity index (χ1) is 20.8. The molecule has 2 rings (SSSR count). The fourth-order valence-electron chi connectivity index (χ4n) is 6.72. The Kier molecular flexibility index (Phi) is 23.6. The van der Waals surface area contributed by atoms with Gasteiger partial charge >= 0.3 is 0 Å². The van der Waals surface area contributed by atoms with Crippen molar-refractivity contribution in [2.45, 2.75) is 187 Å². The molecule has 0 aromatic heterocycles. The Bertz CT molecular complexity index is 871. The molecule has 0 amide bonds. The Morgan fingerprint density at radius 1 is 0.476 bits per heavy atom. The third-order valence-corrected chi connectivity index (χ3v) is 9.65. The van der Waals surface area contributed by atoms with Crippen LogP contribution in [0.1, 0.15) is 193 Å². The fourth-order valence-corrected chi connectivity index (χ4v) is 6.72. The van der Waals surface area contributed by atoms with E-state index in [1.165, 1.54) is 190 Å². The molecule has 0 heteroatoms. The van der Waals surface area contributed by atoms with Crippen molar-refractivity contribution >= 4 is 16.8 Å². The van der Waals surface area contributed by atoms with Gasteiger partial charge in [-0.25, -0.2) is 0 Å². The highest BCUT2D eigenvalue weighted by Crippen LogP contribution is 2.23. The molecule has 2 aromatic rings. The van der Waals surface area contributed by atoms with E-state index in [1.54, 1.807) is 0 Å². The zero-order valence-corrected chi connectivity index (χ0v) is 28.4. The third-order valence-electron chi connectivity index (χ3n) is 9.65. The second-order valence-corrected chi connectivity index (χ2v) is 13.4. The van der Waals surface area contributed by atoms with E-state index < -0.39 is 0 Å². The Labute approximate surface area is 263 Å². The van der Waals surface area contributed by atoms with Gasteiger partial charge in [-0.2, -0.15) is 0 Å². The molecule has 0 saturated heterocycles. The normalized spacial score (nSPS) is 12.5. The average molecular weight is 575 g/mol. The Morgan fingerprint density at radius 3 is 1.45 bits per heavy atom. The van der Waals surface area contributed by atoms with Crippen molar-refractivity contribution in [3.05, 3.63) is 54.1 Å². The summed E-state index contributed by atoms with van der Waals surface area (Å²) in [5.41, 5.74) is 1.36. The van der Waals surface area contributed by atoms with E-state index in [1.807, 2.05) is 0 Å². The fraction of sp³-hybridized carbons (Fsp3) is 0.714. The summed E-state index contributed by atoms with van der Waals surface area (Å²) in [5, 5.41) is 2.71. The number of hydrogen-bond acceptors (Lipinski definition) is 0. The van der Waals surface area contributed by atoms with Gasteiger partial charge in [0.25, 0.3) is 0 Å². The van der Waals surface area contributed by atoms with Crippen LogP contribution in [0, 0.1) is 5.92 Å². The second kappa shape index (κ2) is 27.0. The molecule has 0 nitrogen and oxygen atoms in total. The van der Waals surface area contributed by atoms with Crippen molar-refractivity contribution < 1.29 is 0 Å². The molecular formula is C42H70. The van der Waals surface area contributed by atoms with Gasteiger partial charge in [0.15, 0.2) is 0 Å². The van der Waals surface area contributed by atoms with E-state index in [2.05, 4.69) is 68.5 Å². The molecule has 0 radical (unpaired) electrons. The van der Waals surface area contributed by atoms with Crippen molar-refractivity contribution in [1.82, 2.24) is 0 Å². The predicted octanol–water partition coefficient (Wildman–Crippen LogP) is 15.0. The number of hydrogen-bond donors (Lipinski definition) is 0. The molecule has 2 aromatic carbocycles. The van der Waals surface area contributed by atoms with Gasteiger partial charge in [0, 0.05) is 0 Å². The molecule has 0 heterocycles. The summed E-state index contributed by atoms with van der Waals surface area (Å²) in [4.78, 5) is 0. The van der Waals surface area contributed by atoms with Crippen LogP contribution in [-0.4, -0.2) is 0 Å². The van der Waals surface area contributed by atoms with Gasteiger partial charge in [-0.3, -0.25) is 0 Å². The van der Waals surface area contributed by atoms with Crippen molar-refractivity contribution in [3.63, 3.8) is 0 Å². The molecule has 0 saturated carbocycles. The van der Waals surface area contributed by atoms with E-state index in [-0.39, 0.29) is 0 Å². The van der Waals surface area contributed by atoms with Gasteiger partial charge in [-0.15, -0.1) is 0 Å². The Balaban J connectivity index is 1.31. The Morgan fingerprint density at radius 2 is 0.929 bits per heavy atom. The smallest absolute Gasteiger partial charge is 0.0112 e. The van der Waals surface area contributed by atoms with Crippen LogP contribution < -0.4 is 0 Å². The van der Waals surface area contributed by atoms with Gasteiger partial charge < -0.3 is 0 Å². The lowest BCUT2D eigenvalue weighted by molar-refractivity contribution is 0.394. The first kappa shape index (κ1) is 36.6. The highest BCUT2D eigenvalue weighted by Gasteiger charge is 2.06. The number of fused-ring (bicyclic) bond motifs is 1. The predicted molar refractivity (Wildman–Crippen MR) is 192 cm³/mol. The SMILES string of the molecule is CCCCCCCCCCCCCCCCCCCCCCC(CC)CCCCCC=Cc1cccc2ccccc12. The number of unbranched alkanes of at least 4 members (excludes halogenated alkanes) is 22. The van der Waals surface area contributed by atoms with E-state index in [9.17, 15) is 0 Å². The molecule has 0 aliphatic carbocycles. The van der Waals surface area contributed by atoms with Crippen LogP contribution in [-0.2, 0) is 0 Å². The first-order valence-electron chi connectivity index (χ1n) is 19.0. The first-order valence-corrected chi connectivity index (χ1v) is 19.0. The standard InChI is InChI=1S/C42H70/c1-3-5-6-7-8-9-10-11-12-13-14-15-16-17-18-19-20-21-23-26-32-39(4-2)33-27-24-22-25-28-34-40-36-31-37-41-35-29-30-38-42(40)41/h28-31,34-39H,3-27,32-33H2,1-2H3. The highest BCUT2D eigenvalue weighted by atomic mass is 14.1. The average Bonchev–Trinajstić information content (AvgIpc) is 3.02. The zero-order valence-electron chi connectivity index (χ0n) is 28.4. The van der Waals surface area contributed by atoms with Crippen LogP contribution in [0.2, 0.25) is 0 Å². The largest absolute Gasteiger partial charge is 0.0839 e. The van der Waals surface area contributed by atoms with Crippen LogP contribution in [0.15, 0.2) is 48.5 Å². The summed E-state index contributed by atoms with van der Waals surface area (Å²) in [6.45, 7) is 4.72. The van der Waals surface area contributed by atoms with Crippen molar-refractivity contribution in [1.29, 1.82) is 0 Å². The number of rotatable bonds is 29. The van der Waals surface area contributed by atoms with Gasteiger partial charge in [-0.05, 0) is 35.1 Å². The topological polar surface area (TPSA) is 0 Å². The van der Waals surface area contributed by atoms with E-state index in [0.29, 0.717) is 0 Å². The van der Waals surface area contributed by atoms with Gasteiger partial charge in [0.2, 0.25) is 0 Å². The summed E-state index contributed by atoms with van der Waals surface area (Å²) >= 11 is 0. The lowest BCUT2D eigenvalue weighted by Crippen LogP contribution is -1.99. The van der Waals surface area contributed by atoms with Crippen LogP contribution in [0.4, 0.5) is 0 Å². The van der Waals surface area contributed by atoms with Gasteiger partial charge in [0.05, 0.1) is 0 Å². The molecule has 0 fully saturated rings. The molecule has 0 N–H and O–H groups in total.